The van der Waals surface area contributed by atoms with Crippen LogP contribution in [0, 0.1) is 18.7 Å². The monoisotopic (exact) mass is 502 g/mol. The van der Waals surface area contributed by atoms with Gasteiger partial charge in [-0.2, -0.15) is 0 Å². The number of aryl methyl sites for hydroxylation is 1. The van der Waals surface area contributed by atoms with Crippen molar-refractivity contribution in [2.75, 3.05) is 25.4 Å². The zero-order valence-corrected chi connectivity index (χ0v) is 21.2. The first kappa shape index (κ1) is 25.2. The number of amides is 1. The number of piperidine rings is 1. The Hall–Kier alpha value is -2.91. The molecule has 1 aromatic carbocycles. The molecule has 3 aromatic rings. The summed E-state index contributed by atoms with van der Waals surface area (Å²) in [6.45, 7) is 9.72. The normalized spacial score (nSPS) is 15.5. The summed E-state index contributed by atoms with van der Waals surface area (Å²) in [5.41, 5.74) is 7.89. The van der Waals surface area contributed by atoms with Crippen molar-refractivity contribution in [3.05, 3.63) is 51.9 Å². The van der Waals surface area contributed by atoms with Gasteiger partial charge in [0.25, 0.3) is 5.91 Å². The highest BCUT2D eigenvalue weighted by Gasteiger charge is 2.30. The number of aromatic nitrogens is 3. The van der Waals surface area contributed by atoms with Gasteiger partial charge in [0, 0.05) is 30.4 Å². The Balaban J connectivity index is 1.78. The van der Waals surface area contributed by atoms with Crippen LogP contribution >= 0.6 is 11.6 Å². The average Bonchev–Trinajstić information content (AvgIpc) is 3.17. The zero-order valence-electron chi connectivity index (χ0n) is 20.5. The number of nitrogens with two attached hydrogens (primary N) is 1. The summed E-state index contributed by atoms with van der Waals surface area (Å²) in [5.74, 6) is -0.180. The molecular weight excluding hydrogens is 471 g/mol. The Morgan fingerprint density at radius 1 is 1.37 bits per heavy atom. The Bertz CT molecular complexity index is 1240. The highest BCUT2D eigenvalue weighted by atomic mass is 35.5. The first-order valence-corrected chi connectivity index (χ1v) is 12.3. The lowest BCUT2D eigenvalue weighted by Gasteiger charge is -2.24. The van der Waals surface area contributed by atoms with E-state index in [4.69, 9.17) is 27.1 Å². The maximum atomic E-state index is 15.4. The molecule has 1 unspecified atom stereocenters. The number of nitrogens with zero attached hydrogens (tertiary/aromatic N) is 3. The first-order chi connectivity index (χ1) is 16.7. The minimum absolute atomic E-state index is 0.145. The number of nitrogen functional groups attached to an aromatic ring is 1. The van der Waals surface area contributed by atoms with Crippen LogP contribution < -0.4 is 21.1 Å². The number of benzene rings is 1. The Kier molecular flexibility index (Phi) is 7.47. The second kappa shape index (κ2) is 10.4. The van der Waals surface area contributed by atoms with E-state index < -0.39 is 11.7 Å². The number of hydrogen-bond donors (Lipinski definition) is 3. The van der Waals surface area contributed by atoms with Crippen LogP contribution in [0.15, 0.2) is 18.5 Å². The van der Waals surface area contributed by atoms with Crippen molar-refractivity contribution in [2.24, 2.45) is 5.92 Å². The lowest BCUT2D eigenvalue weighted by Crippen LogP contribution is -2.36. The number of halogens is 2. The van der Waals surface area contributed by atoms with Gasteiger partial charge in [0.15, 0.2) is 5.82 Å². The minimum Gasteiger partial charge on any atom is -0.490 e. The molecule has 10 heteroatoms. The van der Waals surface area contributed by atoms with Crippen molar-refractivity contribution in [3.8, 4) is 5.75 Å². The average molecular weight is 503 g/mol. The van der Waals surface area contributed by atoms with Gasteiger partial charge in [-0.05, 0) is 58.7 Å². The van der Waals surface area contributed by atoms with Crippen LogP contribution in [0.5, 0.6) is 5.75 Å². The quantitative estimate of drug-likeness (QED) is 0.449. The molecule has 8 nitrogen and oxygen atoms in total. The van der Waals surface area contributed by atoms with Gasteiger partial charge in [-0.15, -0.1) is 0 Å². The standard InChI is InChI=1S/C25H32ClFN6O2/c1-13(2)35-22-17(14(3)24-32-15(4)21-23(28)30-9-10-33(21)24)11-18(26)20(27)19(22)25(34)31-12-16-5-7-29-8-6-16/h9-11,13-14,16,29H,5-8,12H2,1-4H3,(H2,28,30)(H,31,34). The largest absolute Gasteiger partial charge is 0.490 e. The molecule has 0 aliphatic carbocycles. The highest BCUT2D eigenvalue weighted by Crippen LogP contribution is 2.40. The summed E-state index contributed by atoms with van der Waals surface area (Å²) in [6.07, 6.45) is 5.00. The molecule has 0 spiro atoms. The van der Waals surface area contributed by atoms with Crippen molar-refractivity contribution in [2.45, 2.75) is 52.6 Å². The van der Waals surface area contributed by atoms with Gasteiger partial charge in [0.05, 0.1) is 16.8 Å². The molecule has 0 radical (unpaired) electrons. The smallest absolute Gasteiger partial charge is 0.258 e. The summed E-state index contributed by atoms with van der Waals surface area (Å²) in [4.78, 5) is 22.2. The fourth-order valence-electron chi connectivity index (χ4n) is 4.64. The van der Waals surface area contributed by atoms with Crippen LogP contribution in [0.1, 0.15) is 67.0 Å². The Morgan fingerprint density at radius 3 is 2.77 bits per heavy atom. The molecule has 0 saturated carbocycles. The van der Waals surface area contributed by atoms with Gasteiger partial charge >= 0.3 is 0 Å². The van der Waals surface area contributed by atoms with Crippen LogP contribution in [0.3, 0.4) is 0 Å². The van der Waals surface area contributed by atoms with Gasteiger partial charge in [-0.1, -0.05) is 18.5 Å². The number of carbonyl (C=O) groups excluding carboxylic acids is 1. The van der Waals surface area contributed by atoms with Gasteiger partial charge in [-0.3, -0.25) is 9.20 Å². The molecule has 1 fully saturated rings. The molecule has 4 rings (SSSR count). The Morgan fingerprint density at radius 2 is 2.09 bits per heavy atom. The van der Waals surface area contributed by atoms with Crippen molar-refractivity contribution in [1.82, 2.24) is 25.0 Å². The molecule has 4 N–H and O–H groups in total. The van der Waals surface area contributed by atoms with Crippen LogP contribution in [-0.2, 0) is 0 Å². The molecule has 188 valence electrons. The number of nitrogens with one attached hydrogen (secondary N) is 2. The fraction of sp³-hybridized carbons (Fsp3) is 0.480. The van der Waals surface area contributed by atoms with Gasteiger partial charge in [0.2, 0.25) is 0 Å². The van der Waals surface area contributed by atoms with Crippen LogP contribution in [-0.4, -0.2) is 46.0 Å². The molecule has 0 bridgehead atoms. The lowest BCUT2D eigenvalue weighted by molar-refractivity contribution is 0.0933. The molecule has 1 saturated heterocycles. The number of ether oxygens (including phenoxy) is 1. The molecule has 2 aromatic heterocycles. The third-order valence-electron chi connectivity index (χ3n) is 6.43. The molecular formula is C25H32ClFN6O2. The van der Waals surface area contributed by atoms with Crippen LogP contribution in [0.25, 0.3) is 5.52 Å². The molecule has 1 aliphatic heterocycles. The summed E-state index contributed by atoms with van der Waals surface area (Å²) >= 11 is 6.32. The molecule has 35 heavy (non-hydrogen) atoms. The number of hydrogen-bond acceptors (Lipinski definition) is 6. The van der Waals surface area contributed by atoms with E-state index in [0.717, 1.165) is 31.6 Å². The molecule has 1 atom stereocenters. The second-order valence-corrected chi connectivity index (χ2v) is 9.75. The summed E-state index contributed by atoms with van der Waals surface area (Å²) in [7, 11) is 0. The van der Waals surface area contributed by atoms with E-state index in [2.05, 4.69) is 15.6 Å². The third-order valence-corrected chi connectivity index (χ3v) is 6.70. The Labute approximate surface area is 209 Å². The number of rotatable bonds is 7. The van der Waals surface area contributed by atoms with Crippen molar-refractivity contribution in [1.29, 1.82) is 0 Å². The topological polar surface area (TPSA) is 107 Å². The summed E-state index contributed by atoms with van der Waals surface area (Å²) in [6, 6.07) is 1.52. The van der Waals surface area contributed by atoms with Gasteiger partial charge in [0.1, 0.15) is 28.5 Å². The zero-order chi connectivity index (χ0) is 25.3. The van der Waals surface area contributed by atoms with Crippen molar-refractivity contribution >= 4 is 28.8 Å². The predicted octanol–water partition coefficient (Wildman–Crippen LogP) is 4.08. The van der Waals surface area contributed by atoms with E-state index in [9.17, 15) is 4.79 Å². The van der Waals surface area contributed by atoms with E-state index in [1.165, 1.54) is 6.07 Å². The maximum absolute atomic E-state index is 15.4. The number of fused-ring (bicyclic) bond motifs is 1. The maximum Gasteiger partial charge on any atom is 0.258 e. The summed E-state index contributed by atoms with van der Waals surface area (Å²) in [5, 5.41) is 6.07. The number of anilines is 1. The summed E-state index contributed by atoms with van der Waals surface area (Å²) < 4.78 is 23.3. The van der Waals surface area contributed by atoms with E-state index in [-0.39, 0.29) is 28.4 Å². The number of carbonyl (C=O) groups is 1. The van der Waals surface area contributed by atoms with Crippen molar-refractivity contribution in [3.63, 3.8) is 0 Å². The van der Waals surface area contributed by atoms with Crippen molar-refractivity contribution < 1.29 is 13.9 Å². The van der Waals surface area contributed by atoms with Gasteiger partial charge in [-0.25, -0.2) is 14.4 Å². The fourth-order valence-corrected chi connectivity index (χ4v) is 4.85. The lowest BCUT2D eigenvalue weighted by atomic mass is 9.95. The first-order valence-electron chi connectivity index (χ1n) is 12.0. The highest BCUT2D eigenvalue weighted by molar-refractivity contribution is 6.31. The van der Waals surface area contributed by atoms with Gasteiger partial charge < -0.3 is 21.1 Å². The van der Waals surface area contributed by atoms with E-state index in [1.807, 2.05) is 32.1 Å². The second-order valence-electron chi connectivity index (χ2n) is 9.34. The van der Waals surface area contributed by atoms with Crippen LogP contribution in [0.2, 0.25) is 5.02 Å². The third kappa shape index (κ3) is 5.06. The SMILES string of the molecule is Cc1nc(C(C)c2cc(Cl)c(F)c(C(=O)NCC3CCNCC3)c2OC(C)C)n2ccnc(N)c12. The van der Waals surface area contributed by atoms with E-state index >= 15 is 4.39 Å². The van der Waals surface area contributed by atoms with E-state index in [1.54, 1.807) is 12.4 Å². The predicted molar refractivity (Wildman–Crippen MR) is 135 cm³/mol. The number of imidazole rings is 1. The molecule has 1 amide bonds. The molecule has 1 aliphatic rings. The minimum atomic E-state index is -0.793. The van der Waals surface area contributed by atoms with Crippen LogP contribution in [0.4, 0.5) is 10.2 Å². The van der Waals surface area contributed by atoms with E-state index in [0.29, 0.717) is 35.2 Å². The molecule has 3 heterocycles.